The van der Waals surface area contributed by atoms with E-state index in [4.69, 9.17) is 9.47 Å². The Hall–Kier alpha value is -4.06. The Bertz CT molecular complexity index is 1380. The van der Waals surface area contributed by atoms with Crippen molar-refractivity contribution in [2.75, 3.05) is 18.6 Å². The van der Waals surface area contributed by atoms with Crippen molar-refractivity contribution >= 4 is 23.1 Å². The largest absolute Gasteiger partial charge is 0.507 e. The molecule has 1 fully saturated rings. The summed E-state index contributed by atoms with van der Waals surface area (Å²) in [4.78, 5) is 28.6. The fraction of sp³-hybridized carbons (Fsp3) is 0.312. The number of rotatable bonds is 7. The molecule has 1 aliphatic rings. The van der Waals surface area contributed by atoms with E-state index in [-0.39, 0.29) is 16.7 Å². The van der Waals surface area contributed by atoms with Gasteiger partial charge < -0.3 is 14.6 Å². The molecule has 1 aliphatic heterocycles. The third kappa shape index (κ3) is 5.03. The summed E-state index contributed by atoms with van der Waals surface area (Å²) in [7, 11) is 1.58. The number of nitrogens with zero attached hydrogens (tertiary/aromatic N) is 1. The molecule has 0 spiro atoms. The van der Waals surface area contributed by atoms with Crippen molar-refractivity contribution in [2.24, 2.45) is 0 Å². The van der Waals surface area contributed by atoms with Gasteiger partial charge in [0.2, 0.25) is 0 Å². The Morgan fingerprint density at radius 2 is 1.66 bits per heavy atom. The van der Waals surface area contributed by atoms with Crippen LogP contribution in [0.1, 0.15) is 62.4 Å². The first-order valence-corrected chi connectivity index (χ1v) is 12.9. The van der Waals surface area contributed by atoms with Crippen LogP contribution in [-0.2, 0) is 15.0 Å². The molecule has 1 unspecified atom stereocenters. The lowest BCUT2D eigenvalue weighted by Crippen LogP contribution is -2.30. The van der Waals surface area contributed by atoms with Gasteiger partial charge in [0, 0.05) is 5.56 Å². The molecule has 6 heteroatoms. The number of hydrogen-bond donors (Lipinski definition) is 1. The SMILES string of the molecule is CCCOc1ccccc1N1C(=O)C(=O)/C(=C(\O)c2ccc(OC)c(C)c2)C1c1ccc(C(C)(C)C)cc1. The van der Waals surface area contributed by atoms with Gasteiger partial charge in [0.05, 0.1) is 31.0 Å². The summed E-state index contributed by atoms with van der Waals surface area (Å²) >= 11 is 0. The van der Waals surface area contributed by atoms with Gasteiger partial charge in [-0.2, -0.15) is 0 Å². The number of amides is 1. The van der Waals surface area contributed by atoms with Crippen molar-refractivity contribution in [3.63, 3.8) is 0 Å². The van der Waals surface area contributed by atoms with Crippen LogP contribution in [0.2, 0.25) is 0 Å². The summed E-state index contributed by atoms with van der Waals surface area (Å²) in [5.74, 6) is -0.514. The average Bonchev–Trinajstić information content (AvgIpc) is 3.16. The zero-order valence-electron chi connectivity index (χ0n) is 22.9. The first kappa shape index (κ1) is 27.0. The quantitative estimate of drug-likeness (QED) is 0.216. The highest BCUT2D eigenvalue weighted by atomic mass is 16.5. The number of carbonyl (C=O) groups excluding carboxylic acids is 2. The third-order valence-corrected chi connectivity index (χ3v) is 6.79. The summed E-state index contributed by atoms with van der Waals surface area (Å²) in [6, 6.07) is 19.4. The Morgan fingerprint density at radius 1 is 0.974 bits per heavy atom. The van der Waals surface area contributed by atoms with Crippen molar-refractivity contribution in [2.45, 2.75) is 52.5 Å². The molecule has 1 amide bonds. The number of hydrogen-bond acceptors (Lipinski definition) is 5. The van der Waals surface area contributed by atoms with E-state index < -0.39 is 17.7 Å². The smallest absolute Gasteiger partial charge is 0.300 e. The Balaban J connectivity index is 1.94. The van der Waals surface area contributed by atoms with Crippen LogP contribution >= 0.6 is 0 Å². The number of benzene rings is 3. The highest BCUT2D eigenvalue weighted by Crippen LogP contribution is 2.45. The van der Waals surface area contributed by atoms with E-state index in [9.17, 15) is 14.7 Å². The fourth-order valence-electron chi connectivity index (χ4n) is 4.73. The van der Waals surface area contributed by atoms with Gasteiger partial charge in [0.25, 0.3) is 11.7 Å². The summed E-state index contributed by atoms with van der Waals surface area (Å²) in [5, 5.41) is 11.5. The van der Waals surface area contributed by atoms with Gasteiger partial charge in [-0.25, -0.2) is 0 Å². The van der Waals surface area contributed by atoms with Crippen LogP contribution in [0, 0.1) is 6.92 Å². The maximum absolute atomic E-state index is 13.6. The van der Waals surface area contributed by atoms with Gasteiger partial charge in [-0.05, 0) is 65.8 Å². The monoisotopic (exact) mass is 513 g/mol. The topological polar surface area (TPSA) is 76.1 Å². The van der Waals surface area contributed by atoms with E-state index in [0.717, 1.165) is 17.5 Å². The Morgan fingerprint density at radius 3 is 2.26 bits per heavy atom. The number of anilines is 1. The zero-order valence-corrected chi connectivity index (χ0v) is 22.9. The number of ketones is 1. The van der Waals surface area contributed by atoms with Crippen LogP contribution in [0.4, 0.5) is 5.69 Å². The summed E-state index contributed by atoms with van der Waals surface area (Å²) in [6.45, 7) is 10.7. The fourth-order valence-corrected chi connectivity index (χ4v) is 4.73. The molecule has 4 rings (SSSR count). The van der Waals surface area contributed by atoms with Gasteiger partial charge in [-0.15, -0.1) is 0 Å². The minimum Gasteiger partial charge on any atom is -0.507 e. The van der Waals surface area contributed by atoms with Crippen LogP contribution in [0.25, 0.3) is 5.76 Å². The van der Waals surface area contributed by atoms with Gasteiger partial charge in [-0.1, -0.05) is 64.1 Å². The third-order valence-electron chi connectivity index (χ3n) is 6.79. The number of para-hydroxylation sites is 2. The van der Waals surface area contributed by atoms with E-state index in [2.05, 4.69) is 20.8 Å². The lowest BCUT2D eigenvalue weighted by Gasteiger charge is -2.28. The number of ether oxygens (including phenoxy) is 2. The predicted molar refractivity (Wildman–Crippen MR) is 150 cm³/mol. The van der Waals surface area contributed by atoms with Crippen molar-refractivity contribution in [1.82, 2.24) is 0 Å². The normalized spacial score (nSPS) is 17.1. The van der Waals surface area contributed by atoms with E-state index in [0.29, 0.717) is 34.9 Å². The van der Waals surface area contributed by atoms with Crippen molar-refractivity contribution in [1.29, 1.82) is 0 Å². The summed E-state index contributed by atoms with van der Waals surface area (Å²) in [5.41, 5.74) is 3.53. The maximum Gasteiger partial charge on any atom is 0.300 e. The first-order chi connectivity index (χ1) is 18.1. The van der Waals surface area contributed by atoms with Gasteiger partial charge in [-0.3, -0.25) is 14.5 Å². The first-order valence-electron chi connectivity index (χ1n) is 12.9. The lowest BCUT2D eigenvalue weighted by molar-refractivity contribution is -0.132. The van der Waals surface area contributed by atoms with Gasteiger partial charge in [0.1, 0.15) is 17.3 Å². The minimum absolute atomic E-state index is 0.0355. The molecule has 6 nitrogen and oxygen atoms in total. The van der Waals surface area contributed by atoms with Crippen LogP contribution in [0.5, 0.6) is 11.5 Å². The van der Waals surface area contributed by atoms with Crippen LogP contribution < -0.4 is 14.4 Å². The number of Topliss-reactive ketones (excluding diaryl/α,β-unsaturated/α-hetero) is 1. The highest BCUT2D eigenvalue weighted by Gasteiger charge is 2.47. The predicted octanol–water partition coefficient (Wildman–Crippen LogP) is 6.72. The molecule has 3 aromatic rings. The number of carbonyl (C=O) groups is 2. The van der Waals surface area contributed by atoms with Crippen molar-refractivity contribution in [3.05, 3.63) is 94.6 Å². The molecular formula is C32H35NO5. The highest BCUT2D eigenvalue weighted by molar-refractivity contribution is 6.52. The molecule has 3 aromatic carbocycles. The maximum atomic E-state index is 13.6. The van der Waals surface area contributed by atoms with Gasteiger partial charge in [0.15, 0.2) is 0 Å². The summed E-state index contributed by atoms with van der Waals surface area (Å²) < 4.78 is 11.3. The molecular weight excluding hydrogens is 478 g/mol. The second kappa shape index (κ2) is 10.7. The molecule has 1 atom stereocenters. The molecule has 0 aromatic heterocycles. The second-order valence-electron chi connectivity index (χ2n) is 10.5. The zero-order chi connectivity index (χ0) is 27.6. The number of methoxy groups -OCH3 is 1. The average molecular weight is 514 g/mol. The Labute approximate surface area is 224 Å². The number of aryl methyl sites for hydroxylation is 1. The number of aliphatic hydroxyl groups excluding tert-OH is 1. The van der Waals surface area contributed by atoms with Crippen LogP contribution in [-0.4, -0.2) is 30.5 Å². The lowest BCUT2D eigenvalue weighted by atomic mass is 9.85. The minimum atomic E-state index is -0.835. The van der Waals surface area contributed by atoms with E-state index in [1.165, 1.54) is 4.90 Å². The Kier molecular flexibility index (Phi) is 7.63. The molecule has 0 saturated carbocycles. The van der Waals surface area contributed by atoms with Crippen LogP contribution in [0.15, 0.2) is 72.3 Å². The molecule has 38 heavy (non-hydrogen) atoms. The molecule has 1 heterocycles. The van der Waals surface area contributed by atoms with Gasteiger partial charge >= 0.3 is 0 Å². The van der Waals surface area contributed by atoms with E-state index in [1.807, 2.05) is 44.2 Å². The molecule has 198 valence electrons. The molecule has 0 radical (unpaired) electrons. The van der Waals surface area contributed by atoms with Crippen molar-refractivity contribution < 1.29 is 24.2 Å². The van der Waals surface area contributed by atoms with Crippen molar-refractivity contribution in [3.8, 4) is 11.5 Å². The molecule has 0 bridgehead atoms. The van der Waals surface area contributed by atoms with E-state index in [1.54, 1.807) is 43.5 Å². The second-order valence-corrected chi connectivity index (χ2v) is 10.5. The summed E-state index contributed by atoms with van der Waals surface area (Å²) in [6.07, 6.45) is 0.793. The molecule has 0 aliphatic carbocycles. The van der Waals surface area contributed by atoms with Crippen LogP contribution in [0.3, 0.4) is 0 Å². The number of aliphatic hydroxyl groups is 1. The van der Waals surface area contributed by atoms with E-state index >= 15 is 0 Å². The molecule has 1 N–H and O–H groups in total. The molecule has 1 saturated heterocycles. The standard InChI is InChI=1S/C32H35NO5/c1-7-18-38-26-11-9-8-10-24(26)33-28(21-12-15-23(16-13-21)32(3,4)5)27(30(35)31(33)36)29(34)22-14-17-25(37-6)20(2)19-22/h8-17,19,28,34H,7,18H2,1-6H3/b29-27-.